The van der Waals surface area contributed by atoms with Crippen LogP contribution in [-0.2, 0) is 0 Å². The van der Waals surface area contributed by atoms with E-state index in [1.165, 1.54) is 25.7 Å². The fraction of sp³-hybridized carbons (Fsp3) is 0.533. The predicted octanol–water partition coefficient (Wildman–Crippen LogP) is 2.77. The Kier molecular flexibility index (Phi) is 4.06. The molecule has 0 spiro atoms. The van der Waals surface area contributed by atoms with E-state index in [0.717, 1.165) is 17.9 Å². The van der Waals surface area contributed by atoms with Crippen LogP contribution in [0.2, 0.25) is 0 Å². The molecule has 3 rings (SSSR count). The third kappa shape index (κ3) is 2.72. The van der Waals surface area contributed by atoms with Crippen LogP contribution in [0.3, 0.4) is 0 Å². The molecule has 1 aliphatic carbocycles. The maximum Gasteiger partial charge on any atom is 0.231 e. The van der Waals surface area contributed by atoms with Crippen molar-refractivity contribution in [2.45, 2.75) is 44.1 Å². The molecule has 20 heavy (non-hydrogen) atoms. The standard InChI is InChI=1S/C15H20N4O/c1-16-13-8-4-2-3-7-12(13)15-18-14(19-20-15)11-6-5-9-17-10-11/h5-6,9-10,12-13,16H,2-4,7-8H2,1H3. The number of rotatable bonds is 3. The van der Waals surface area contributed by atoms with Crippen molar-refractivity contribution in [1.29, 1.82) is 0 Å². The number of likely N-dealkylation sites (N-methyl/N-ethyl adjacent to an activating group) is 1. The van der Waals surface area contributed by atoms with E-state index in [1.807, 2.05) is 19.2 Å². The summed E-state index contributed by atoms with van der Waals surface area (Å²) in [4.78, 5) is 8.68. The number of aromatic nitrogens is 3. The molecule has 2 atom stereocenters. The second-order valence-electron chi connectivity index (χ2n) is 5.34. The Bertz CT molecular complexity index is 540. The summed E-state index contributed by atoms with van der Waals surface area (Å²) >= 11 is 0. The van der Waals surface area contributed by atoms with E-state index in [4.69, 9.17) is 4.52 Å². The fourth-order valence-electron chi connectivity index (χ4n) is 2.95. The second-order valence-corrected chi connectivity index (χ2v) is 5.34. The van der Waals surface area contributed by atoms with Gasteiger partial charge in [-0.2, -0.15) is 4.98 Å². The number of pyridine rings is 1. The highest BCUT2D eigenvalue weighted by molar-refractivity contribution is 5.51. The van der Waals surface area contributed by atoms with Crippen molar-refractivity contribution >= 4 is 0 Å². The van der Waals surface area contributed by atoms with Gasteiger partial charge in [-0.25, -0.2) is 0 Å². The third-order valence-electron chi connectivity index (χ3n) is 4.07. The molecule has 0 aromatic carbocycles. The van der Waals surface area contributed by atoms with Gasteiger partial charge in [0.2, 0.25) is 11.7 Å². The van der Waals surface area contributed by atoms with Crippen LogP contribution >= 0.6 is 0 Å². The first kappa shape index (κ1) is 13.2. The van der Waals surface area contributed by atoms with Crippen LogP contribution in [0.5, 0.6) is 0 Å². The van der Waals surface area contributed by atoms with Crippen LogP contribution in [0.1, 0.15) is 43.9 Å². The molecule has 5 nitrogen and oxygen atoms in total. The SMILES string of the molecule is CNC1CCCCCC1c1nc(-c2cccnc2)no1. The highest BCUT2D eigenvalue weighted by Gasteiger charge is 2.28. The number of nitrogens with zero attached hydrogens (tertiary/aromatic N) is 3. The smallest absolute Gasteiger partial charge is 0.231 e. The molecule has 5 heteroatoms. The van der Waals surface area contributed by atoms with Gasteiger partial charge >= 0.3 is 0 Å². The first-order valence-corrected chi connectivity index (χ1v) is 7.30. The minimum atomic E-state index is 0.320. The third-order valence-corrected chi connectivity index (χ3v) is 4.07. The normalized spacial score (nSPS) is 23.4. The summed E-state index contributed by atoms with van der Waals surface area (Å²) < 4.78 is 5.52. The van der Waals surface area contributed by atoms with E-state index in [0.29, 0.717) is 17.8 Å². The zero-order valence-corrected chi connectivity index (χ0v) is 11.7. The highest BCUT2D eigenvalue weighted by Crippen LogP contribution is 2.31. The summed E-state index contributed by atoms with van der Waals surface area (Å²) in [5.41, 5.74) is 0.900. The summed E-state index contributed by atoms with van der Waals surface area (Å²) in [7, 11) is 2.02. The van der Waals surface area contributed by atoms with Gasteiger partial charge in [0, 0.05) is 24.0 Å². The molecule has 0 saturated heterocycles. The Hall–Kier alpha value is -1.75. The molecular weight excluding hydrogens is 252 g/mol. The van der Waals surface area contributed by atoms with Gasteiger partial charge in [-0.05, 0) is 32.0 Å². The van der Waals surface area contributed by atoms with E-state index < -0.39 is 0 Å². The van der Waals surface area contributed by atoms with Crippen LogP contribution in [0.25, 0.3) is 11.4 Å². The summed E-state index contributed by atoms with van der Waals surface area (Å²) in [6.45, 7) is 0. The van der Waals surface area contributed by atoms with Gasteiger partial charge in [-0.15, -0.1) is 0 Å². The van der Waals surface area contributed by atoms with Crippen LogP contribution in [0.4, 0.5) is 0 Å². The Balaban J connectivity index is 1.85. The lowest BCUT2D eigenvalue weighted by Gasteiger charge is -2.20. The Labute approximate surface area is 118 Å². The molecule has 0 radical (unpaired) electrons. The van der Waals surface area contributed by atoms with E-state index in [2.05, 4.69) is 20.4 Å². The van der Waals surface area contributed by atoms with Crippen LogP contribution in [0, 0.1) is 0 Å². The maximum atomic E-state index is 5.52. The quantitative estimate of drug-likeness (QED) is 0.870. The fourth-order valence-corrected chi connectivity index (χ4v) is 2.95. The Morgan fingerprint density at radius 2 is 2.15 bits per heavy atom. The van der Waals surface area contributed by atoms with Crippen molar-refractivity contribution < 1.29 is 4.52 Å². The second kappa shape index (κ2) is 6.13. The molecular formula is C15H20N4O. The first-order valence-electron chi connectivity index (χ1n) is 7.30. The van der Waals surface area contributed by atoms with E-state index >= 15 is 0 Å². The van der Waals surface area contributed by atoms with Crippen molar-refractivity contribution in [1.82, 2.24) is 20.4 Å². The van der Waals surface area contributed by atoms with Crippen molar-refractivity contribution in [3.05, 3.63) is 30.4 Å². The topological polar surface area (TPSA) is 63.8 Å². The molecule has 2 aromatic heterocycles. The largest absolute Gasteiger partial charge is 0.339 e. The molecule has 1 fully saturated rings. The maximum absolute atomic E-state index is 5.52. The van der Waals surface area contributed by atoms with E-state index in [9.17, 15) is 0 Å². The number of nitrogens with one attached hydrogen (secondary N) is 1. The van der Waals surface area contributed by atoms with Crippen molar-refractivity contribution in [3.63, 3.8) is 0 Å². The zero-order chi connectivity index (χ0) is 13.8. The lowest BCUT2D eigenvalue weighted by Crippen LogP contribution is -2.31. The molecule has 0 aliphatic heterocycles. The van der Waals surface area contributed by atoms with Crippen molar-refractivity contribution in [2.24, 2.45) is 0 Å². The van der Waals surface area contributed by atoms with Gasteiger partial charge in [0.25, 0.3) is 0 Å². The molecule has 2 aromatic rings. The van der Waals surface area contributed by atoms with Crippen molar-refractivity contribution in [2.75, 3.05) is 7.05 Å². The minimum absolute atomic E-state index is 0.320. The summed E-state index contributed by atoms with van der Waals surface area (Å²) in [5, 5.41) is 7.51. The first-order chi connectivity index (χ1) is 9.88. The minimum Gasteiger partial charge on any atom is -0.339 e. The van der Waals surface area contributed by atoms with Gasteiger partial charge in [0.05, 0.1) is 5.92 Å². The molecule has 0 bridgehead atoms. The monoisotopic (exact) mass is 272 g/mol. The zero-order valence-electron chi connectivity index (χ0n) is 11.7. The number of hydrogen-bond acceptors (Lipinski definition) is 5. The molecule has 1 saturated carbocycles. The summed E-state index contributed by atoms with van der Waals surface area (Å²) in [6.07, 6.45) is 9.58. The molecule has 106 valence electrons. The molecule has 0 amide bonds. The highest BCUT2D eigenvalue weighted by atomic mass is 16.5. The Morgan fingerprint density at radius 1 is 1.25 bits per heavy atom. The lowest BCUT2D eigenvalue weighted by atomic mass is 9.95. The average molecular weight is 272 g/mol. The molecule has 2 heterocycles. The van der Waals surface area contributed by atoms with Crippen LogP contribution < -0.4 is 5.32 Å². The summed E-state index contributed by atoms with van der Waals surface area (Å²) in [6, 6.07) is 4.26. The van der Waals surface area contributed by atoms with Gasteiger partial charge in [-0.1, -0.05) is 24.4 Å². The van der Waals surface area contributed by atoms with Gasteiger partial charge in [0.1, 0.15) is 0 Å². The van der Waals surface area contributed by atoms with E-state index in [-0.39, 0.29) is 0 Å². The molecule has 2 unspecified atom stereocenters. The molecule has 1 aliphatic rings. The van der Waals surface area contributed by atoms with Gasteiger partial charge in [-0.3, -0.25) is 4.98 Å². The number of hydrogen-bond donors (Lipinski definition) is 1. The van der Waals surface area contributed by atoms with Gasteiger partial charge < -0.3 is 9.84 Å². The van der Waals surface area contributed by atoms with E-state index in [1.54, 1.807) is 12.4 Å². The van der Waals surface area contributed by atoms with Crippen LogP contribution in [-0.4, -0.2) is 28.2 Å². The molecule has 1 N–H and O–H groups in total. The van der Waals surface area contributed by atoms with Gasteiger partial charge in [0.15, 0.2) is 0 Å². The Morgan fingerprint density at radius 3 is 2.95 bits per heavy atom. The average Bonchev–Trinajstić information content (AvgIpc) is 2.87. The predicted molar refractivity (Wildman–Crippen MR) is 76.2 cm³/mol. The van der Waals surface area contributed by atoms with Crippen molar-refractivity contribution in [3.8, 4) is 11.4 Å². The van der Waals surface area contributed by atoms with Crippen LogP contribution in [0.15, 0.2) is 29.0 Å². The lowest BCUT2D eigenvalue weighted by molar-refractivity contribution is 0.311. The summed E-state index contributed by atoms with van der Waals surface area (Å²) in [5.74, 6) is 1.71.